The Morgan fingerprint density at radius 1 is 1.35 bits per heavy atom. The molecular formula is C13H23ClN2S. The van der Waals surface area contributed by atoms with E-state index in [0.717, 1.165) is 26.1 Å². The molecule has 4 heteroatoms. The first kappa shape index (κ1) is 14.9. The number of hydrogen-bond acceptors (Lipinski definition) is 3. The van der Waals surface area contributed by atoms with Crippen molar-refractivity contribution in [2.75, 3.05) is 19.0 Å². The summed E-state index contributed by atoms with van der Waals surface area (Å²) in [5.74, 6) is 0.692. The normalized spacial score (nSPS) is 12.4. The molecule has 0 aliphatic heterocycles. The van der Waals surface area contributed by atoms with Crippen molar-refractivity contribution < 1.29 is 0 Å². The molecule has 0 spiro atoms. The molecule has 0 aromatic carbocycles. The molecule has 98 valence electrons. The van der Waals surface area contributed by atoms with Gasteiger partial charge in [0, 0.05) is 23.2 Å². The van der Waals surface area contributed by atoms with Gasteiger partial charge in [-0.25, -0.2) is 4.98 Å². The fourth-order valence-electron chi connectivity index (χ4n) is 1.62. The summed E-state index contributed by atoms with van der Waals surface area (Å²) in [5, 5.41) is 3.38. The van der Waals surface area contributed by atoms with E-state index in [2.05, 4.69) is 38.0 Å². The van der Waals surface area contributed by atoms with Gasteiger partial charge in [-0.3, -0.25) is 4.90 Å². The number of halogens is 1. The maximum Gasteiger partial charge on any atom is 0.107 e. The highest BCUT2D eigenvalue weighted by molar-refractivity contribution is 7.09. The molecule has 0 atom stereocenters. The van der Waals surface area contributed by atoms with Crippen LogP contribution in [0.4, 0.5) is 0 Å². The van der Waals surface area contributed by atoms with E-state index in [1.807, 2.05) is 0 Å². The number of hydrogen-bond donors (Lipinski definition) is 0. The van der Waals surface area contributed by atoms with Crippen molar-refractivity contribution >= 4 is 22.9 Å². The van der Waals surface area contributed by atoms with E-state index < -0.39 is 0 Å². The second kappa shape index (κ2) is 6.72. The molecule has 0 aliphatic rings. The Labute approximate surface area is 114 Å². The quantitative estimate of drug-likeness (QED) is 0.732. The van der Waals surface area contributed by atoms with Gasteiger partial charge in [0.25, 0.3) is 0 Å². The standard InChI is InChI=1S/C13H23ClN2S/c1-5-7-16(8-6-14)9-12-15-11(10-17-12)13(2,3)4/h10H,5-9H2,1-4H3. The first-order valence-electron chi connectivity index (χ1n) is 6.20. The Bertz CT molecular complexity index is 324. The van der Waals surface area contributed by atoms with Crippen molar-refractivity contribution in [3.63, 3.8) is 0 Å². The Kier molecular flexibility index (Phi) is 5.90. The maximum absolute atomic E-state index is 5.82. The number of rotatable bonds is 6. The van der Waals surface area contributed by atoms with E-state index in [9.17, 15) is 0 Å². The minimum atomic E-state index is 0.150. The highest BCUT2D eigenvalue weighted by atomic mass is 35.5. The van der Waals surface area contributed by atoms with Crippen LogP contribution in [0.15, 0.2) is 5.38 Å². The molecule has 0 fully saturated rings. The van der Waals surface area contributed by atoms with Crippen LogP contribution in [-0.4, -0.2) is 28.9 Å². The van der Waals surface area contributed by atoms with E-state index >= 15 is 0 Å². The van der Waals surface area contributed by atoms with Crippen molar-refractivity contribution in [3.8, 4) is 0 Å². The van der Waals surface area contributed by atoms with Crippen LogP contribution in [0.3, 0.4) is 0 Å². The van der Waals surface area contributed by atoms with Crippen LogP contribution in [0.25, 0.3) is 0 Å². The summed E-state index contributed by atoms with van der Waals surface area (Å²) in [6.07, 6.45) is 1.16. The van der Waals surface area contributed by atoms with Gasteiger partial charge in [0.1, 0.15) is 5.01 Å². The molecule has 1 heterocycles. The van der Waals surface area contributed by atoms with E-state index in [-0.39, 0.29) is 5.41 Å². The van der Waals surface area contributed by atoms with Gasteiger partial charge in [-0.1, -0.05) is 27.7 Å². The molecule has 0 unspecified atom stereocenters. The van der Waals surface area contributed by atoms with Gasteiger partial charge < -0.3 is 0 Å². The molecule has 0 saturated heterocycles. The fraction of sp³-hybridized carbons (Fsp3) is 0.769. The number of alkyl halides is 1. The number of aromatic nitrogens is 1. The van der Waals surface area contributed by atoms with Crippen molar-refractivity contribution in [3.05, 3.63) is 16.1 Å². The van der Waals surface area contributed by atoms with E-state index in [1.54, 1.807) is 11.3 Å². The first-order valence-corrected chi connectivity index (χ1v) is 7.62. The van der Waals surface area contributed by atoms with Crippen molar-refractivity contribution in [1.82, 2.24) is 9.88 Å². The predicted octanol–water partition coefficient (Wildman–Crippen LogP) is 3.89. The summed E-state index contributed by atoms with van der Waals surface area (Å²) in [4.78, 5) is 7.09. The smallest absolute Gasteiger partial charge is 0.107 e. The SMILES string of the molecule is CCCN(CCCl)Cc1nc(C(C)(C)C)cs1. The lowest BCUT2D eigenvalue weighted by Crippen LogP contribution is -2.26. The summed E-state index contributed by atoms with van der Waals surface area (Å²) >= 11 is 7.58. The molecule has 1 rings (SSSR count). The van der Waals surface area contributed by atoms with Gasteiger partial charge in [0.05, 0.1) is 12.2 Å². The average molecular weight is 275 g/mol. The molecule has 1 aromatic rings. The number of thiazole rings is 1. The monoisotopic (exact) mass is 274 g/mol. The summed E-state index contributed by atoms with van der Waals surface area (Å²) in [7, 11) is 0. The second-order valence-electron chi connectivity index (χ2n) is 5.34. The van der Waals surface area contributed by atoms with Crippen molar-refractivity contribution in [2.24, 2.45) is 0 Å². The lowest BCUT2D eigenvalue weighted by Gasteiger charge is -2.19. The lowest BCUT2D eigenvalue weighted by molar-refractivity contribution is 0.281. The summed E-state index contributed by atoms with van der Waals surface area (Å²) in [5.41, 5.74) is 1.34. The maximum atomic E-state index is 5.82. The number of nitrogens with zero attached hydrogens (tertiary/aromatic N) is 2. The minimum Gasteiger partial charge on any atom is -0.295 e. The molecule has 0 bridgehead atoms. The molecule has 2 nitrogen and oxygen atoms in total. The topological polar surface area (TPSA) is 16.1 Å². The Morgan fingerprint density at radius 2 is 2.06 bits per heavy atom. The van der Waals surface area contributed by atoms with E-state index in [4.69, 9.17) is 16.6 Å². The van der Waals surface area contributed by atoms with Crippen LogP contribution >= 0.6 is 22.9 Å². The average Bonchev–Trinajstić information content (AvgIpc) is 2.66. The van der Waals surface area contributed by atoms with Crippen LogP contribution in [0, 0.1) is 0 Å². The zero-order valence-corrected chi connectivity index (χ0v) is 12.9. The van der Waals surface area contributed by atoms with Crippen molar-refractivity contribution in [2.45, 2.75) is 46.1 Å². The molecule has 17 heavy (non-hydrogen) atoms. The Balaban J connectivity index is 2.63. The third-order valence-corrected chi connectivity index (χ3v) is 3.62. The van der Waals surface area contributed by atoms with Crippen LogP contribution in [0.2, 0.25) is 0 Å². The predicted molar refractivity (Wildman–Crippen MR) is 77.1 cm³/mol. The fourth-order valence-corrected chi connectivity index (χ4v) is 2.93. The van der Waals surface area contributed by atoms with Crippen LogP contribution in [-0.2, 0) is 12.0 Å². The lowest BCUT2D eigenvalue weighted by atomic mass is 9.93. The molecule has 0 radical (unpaired) electrons. The zero-order valence-electron chi connectivity index (χ0n) is 11.3. The third kappa shape index (κ3) is 4.94. The molecule has 0 N–H and O–H groups in total. The molecule has 1 aromatic heterocycles. The highest BCUT2D eigenvalue weighted by Crippen LogP contribution is 2.24. The largest absolute Gasteiger partial charge is 0.295 e. The van der Waals surface area contributed by atoms with E-state index in [1.165, 1.54) is 10.7 Å². The zero-order chi connectivity index (χ0) is 12.9. The second-order valence-corrected chi connectivity index (χ2v) is 6.66. The van der Waals surface area contributed by atoms with Gasteiger partial charge in [-0.2, -0.15) is 0 Å². The Hall–Kier alpha value is -0.120. The third-order valence-electron chi connectivity index (χ3n) is 2.62. The van der Waals surface area contributed by atoms with Gasteiger partial charge in [-0.05, 0) is 13.0 Å². The summed E-state index contributed by atoms with van der Waals surface area (Å²) in [6.45, 7) is 11.8. The van der Waals surface area contributed by atoms with Gasteiger partial charge in [0.2, 0.25) is 0 Å². The van der Waals surface area contributed by atoms with Gasteiger partial charge in [-0.15, -0.1) is 22.9 Å². The first-order chi connectivity index (χ1) is 7.97. The highest BCUT2D eigenvalue weighted by Gasteiger charge is 2.18. The van der Waals surface area contributed by atoms with Gasteiger partial charge in [0.15, 0.2) is 0 Å². The molecule has 0 aliphatic carbocycles. The minimum absolute atomic E-state index is 0.150. The van der Waals surface area contributed by atoms with E-state index in [0.29, 0.717) is 5.88 Å². The van der Waals surface area contributed by atoms with Crippen LogP contribution in [0.5, 0.6) is 0 Å². The van der Waals surface area contributed by atoms with Crippen LogP contribution < -0.4 is 0 Å². The van der Waals surface area contributed by atoms with Gasteiger partial charge >= 0.3 is 0 Å². The van der Waals surface area contributed by atoms with Crippen LogP contribution in [0.1, 0.15) is 44.8 Å². The summed E-state index contributed by atoms with van der Waals surface area (Å²) < 4.78 is 0. The molecule has 0 saturated carbocycles. The Morgan fingerprint density at radius 3 is 2.53 bits per heavy atom. The van der Waals surface area contributed by atoms with Crippen molar-refractivity contribution in [1.29, 1.82) is 0 Å². The molecule has 0 amide bonds. The summed E-state index contributed by atoms with van der Waals surface area (Å²) in [6, 6.07) is 0. The molecular weight excluding hydrogens is 252 g/mol.